The molecule has 0 aromatic heterocycles. The number of hydrogen-bond acceptors (Lipinski definition) is 2. The quantitative estimate of drug-likeness (QED) is 0.686. The maximum Gasteiger partial charge on any atom is 0.0184 e. The fourth-order valence-electron chi connectivity index (χ4n) is 2.99. The van der Waals surface area contributed by atoms with E-state index >= 15 is 0 Å². The maximum atomic E-state index is 4.19. The van der Waals surface area contributed by atoms with Gasteiger partial charge in [0.1, 0.15) is 0 Å². The molecule has 2 nitrogen and oxygen atoms in total. The van der Waals surface area contributed by atoms with Gasteiger partial charge in [-0.1, -0.05) is 44.3 Å². The zero-order valence-electron chi connectivity index (χ0n) is 12.0. The van der Waals surface area contributed by atoms with E-state index in [-0.39, 0.29) is 0 Å². The van der Waals surface area contributed by atoms with Crippen LogP contribution in [0.3, 0.4) is 0 Å². The van der Waals surface area contributed by atoms with E-state index in [0.29, 0.717) is 6.04 Å². The van der Waals surface area contributed by atoms with Crippen molar-refractivity contribution in [3.63, 3.8) is 0 Å². The second-order valence-corrected chi connectivity index (χ2v) is 5.92. The van der Waals surface area contributed by atoms with Crippen molar-refractivity contribution in [1.29, 1.82) is 0 Å². The third-order valence-electron chi connectivity index (χ3n) is 3.83. The van der Waals surface area contributed by atoms with Crippen LogP contribution in [-0.4, -0.2) is 38.6 Å². The van der Waals surface area contributed by atoms with Gasteiger partial charge in [-0.05, 0) is 39.9 Å². The Kier molecular flexibility index (Phi) is 6.83. The zero-order chi connectivity index (χ0) is 12.7. The van der Waals surface area contributed by atoms with Gasteiger partial charge in [-0.3, -0.25) is 0 Å². The first-order valence-electron chi connectivity index (χ1n) is 7.10. The summed E-state index contributed by atoms with van der Waals surface area (Å²) >= 11 is 0. The first-order valence-corrected chi connectivity index (χ1v) is 7.10. The van der Waals surface area contributed by atoms with Crippen LogP contribution in [0.15, 0.2) is 12.2 Å². The highest BCUT2D eigenvalue weighted by Gasteiger charge is 2.18. The highest BCUT2D eigenvalue weighted by molar-refractivity contribution is 5.00. The van der Waals surface area contributed by atoms with Crippen molar-refractivity contribution in [3.8, 4) is 0 Å². The lowest BCUT2D eigenvalue weighted by atomic mass is 9.83. The molecule has 1 fully saturated rings. The van der Waals surface area contributed by atoms with Crippen molar-refractivity contribution in [1.82, 2.24) is 10.2 Å². The summed E-state index contributed by atoms with van der Waals surface area (Å²) in [5.74, 6) is 0.952. The van der Waals surface area contributed by atoms with E-state index in [0.717, 1.165) is 18.9 Å². The van der Waals surface area contributed by atoms with Gasteiger partial charge >= 0.3 is 0 Å². The summed E-state index contributed by atoms with van der Waals surface area (Å²) in [6.07, 6.45) is 9.69. The second-order valence-electron chi connectivity index (χ2n) is 5.92. The molecule has 0 bridgehead atoms. The monoisotopic (exact) mass is 238 g/mol. The summed E-state index contributed by atoms with van der Waals surface area (Å²) in [5.41, 5.74) is 1.35. The molecule has 1 saturated carbocycles. The van der Waals surface area contributed by atoms with Crippen LogP contribution >= 0.6 is 0 Å². The van der Waals surface area contributed by atoms with E-state index in [4.69, 9.17) is 0 Å². The zero-order valence-corrected chi connectivity index (χ0v) is 12.0. The number of nitrogens with zero attached hydrogens (tertiary/aromatic N) is 1. The van der Waals surface area contributed by atoms with Gasteiger partial charge in [0, 0.05) is 12.6 Å². The molecule has 0 amide bonds. The van der Waals surface area contributed by atoms with Crippen LogP contribution in [0.1, 0.15) is 44.9 Å². The summed E-state index contributed by atoms with van der Waals surface area (Å²) in [4.78, 5) is 2.20. The van der Waals surface area contributed by atoms with Gasteiger partial charge in [0.05, 0.1) is 0 Å². The molecule has 0 aromatic carbocycles. The molecule has 1 atom stereocenters. The molecule has 0 saturated heterocycles. The van der Waals surface area contributed by atoms with Crippen molar-refractivity contribution in [3.05, 3.63) is 12.2 Å². The minimum atomic E-state index is 0.630. The van der Waals surface area contributed by atoms with Gasteiger partial charge in [-0.15, -0.1) is 0 Å². The lowest BCUT2D eigenvalue weighted by Crippen LogP contribution is -2.30. The summed E-state index contributed by atoms with van der Waals surface area (Å²) in [6, 6.07) is 0.630. The molecule has 0 heterocycles. The Morgan fingerprint density at radius 2 is 1.94 bits per heavy atom. The van der Waals surface area contributed by atoms with Gasteiger partial charge in [-0.2, -0.15) is 0 Å². The van der Waals surface area contributed by atoms with E-state index in [1.54, 1.807) is 0 Å². The number of hydrogen-bond donors (Lipinski definition) is 1. The standard InChI is InChI=1S/C15H30N2/c1-13(12-17(3)4)10-15(16-2)11-14-8-6-5-7-9-14/h14-16H,1,5-12H2,2-4H3. The fourth-order valence-corrected chi connectivity index (χ4v) is 2.99. The molecule has 0 radical (unpaired) electrons. The Bertz CT molecular complexity index is 217. The van der Waals surface area contributed by atoms with Crippen LogP contribution in [0.4, 0.5) is 0 Å². The third kappa shape index (κ3) is 6.23. The molecule has 0 aromatic rings. The molecule has 0 aliphatic heterocycles. The minimum absolute atomic E-state index is 0.630. The summed E-state index contributed by atoms with van der Waals surface area (Å²) in [5, 5.41) is 3.47. The predicted molar refractivity (Wildman–Crippen MR) is 76.4 cm³/mol. The molecule has 1 aliphatic rings. The molecule has 1 aliphatic carbocycles. The number of likely N-dealkylation sites (N-methyl/N-ethyl adjacent to an activating group) is 1. The van der Waals surface area contributed by atoms with Crippen LogP contribution in [0.5, 0.6) is 0 Å². The van der Waals surface area contributed by atoms with Crippen LogP contribution in [-0.2, 0) is 0 Å². The highest BCUT2D eigenvalue weighted by Crippen LogP contribution is 2.28. The molecule has 17 heavy (non-hydrogen) atoms. The molecule has 1 rings (SSSR count). The van der Waals surface area contributed by atoms with E-state index < -0.39 is 0 Å². The van der Waals surface area contributed by atoms with Gasteiger partial charge in [0.2, 0.25) is 0 Å². The lowest BCUT2D eigenvalue weighted by Gasteiger charge is -2.27. The van der Waals surface area contributed by atoms with Crippen LogP contribution < -0.4 is 5.32 Å². The Labute approximate surface area is 107 Å². The van der Waals surface area contributed by atoms with E-state index in [2.05, 4.69) is 37.9 Å². The first kappa shape index (κ1) is 14.7. The van der Waals surface area contributed by atoms with Crippen molar-refractivity contribution >= 4 is 0 Å². The van der Waals surface area contributed by atoms with Crippen molar-refractivity contribution in [2.24, 2.45) is 5.92 Å². The third-order valence-corrected chi connectivity index (χ3v) is 3.83. The van der Waals surface area contributed by atoms with Gasteiger partial charge in [0.25, 0.3) is 0 Å². The Balaban J connectivity index is 2.29. The van der Waals surface area contributed by atoms with Gasteiger partial charge in [-0.25, -0.2) is 0 Å². The molecular weight excluding hydrogens is 208 g/mol. The Morgan fingerprint density at radius 3 is 2.47 bits per heavy atom. The van der Waals surface area contributed by atoms with Crippen molar-refractivity contribution in [2.75, 3.05) is 27.7 Å². The van der Waals surface area contributed by atoms with Crippen molar-refractivity contribution in [2.45, 2.75) is 51.0 Å². The average molecular weight is 238 g/mol. The Morgan fingerprint density at radius 1 is 1.29 bits per heavy atom. The SMILES string of the molecule is C=C(CC(CC1CCCCC1)NC)CN(C)C. The van der Waals surface area contributed by atoms with Gasteiger partial charge in [0.15, 0.2) is 0 Å². The fraction of sp³-hybridized carbons (Fsp3) is 0.867. The maximum absolute atomic E-state index is 4.19. The molecule has 1 unspecified atom stereocenters. The molecular formula is C15H30N2. The predicted octanol–water partition coefficient (Wildman–Crippen LogP) is 3.05. The van der Waals surface area contributed by atoms with E-state index in [1.807, 2.05) is 0 Å². The number of rotatable bonds is 7. The minimum Gasteiger partial charge on any atom is -0.317 e. The molecule has 2 heteroatoms. The molecule has 100 valence electrons. The smallest absolute Gasteiger partial charge is 0.0184 e. The lowest BCUT2D eigenvalue weighted by molar-refractivity contribution is 0.300. The van der Waals surface area contributed by atoms with E-state index in [9.17, 15) is 0 Å². The normalized spacial score (nSPS) is 19.5. The number of nitrogens with one attached hydrogen (secondary N) is 1. The largest absolute Gasteiger partial charge is 0.317 e. The van der Waals surface area contributed by atoms with E-state index in [1.165, 1.54) is 44.1 Å². The van der Waals surface area contributed by atoms with Gasteiger partial charge < -0.3 is 10.2 Å². The summed E-state index contributed by atoms with van der Waals surface area (Å²) in [6.45, 7) is 5.21. The average Bonchev–Trinajstić information content (AvgIpc) is 2.28. The van der Waals surface area contributed by atoms with Crippen LogP contribution in [0, 0.1) is 5.92 Å². The molecule has 0 spiro atoms. The van der Waals surface area contributed by atoms with Crippen LogP contribution in [0.25, 0.3) is 0 Å². The summed E-state index contributed by atoms with van der Waals surface area (Å²) in [7, 11) is 6.32. The first-order chi connectivity index (χ1) is 8.11. The van der Waals surface area contributed by atoms with Crippen molar-refractivity contribution < 1.29 is 0 Å². The Hall–Kier alpha value is -0.340. The van der Waals surface area contributed by atoms with Crippen LogP contribution in [0.2, 0.25) is 0 Å². The second kappa shape index (κ2) is 7.88. The topological polar surface area (TPSA) is 15.3 Å². The highest BCUT2D eigenvalue weighted by atomic mass is 15.0. The summed E-state index contributed by atoms with van der Waals surface area (Å²) < 4.78 is 0. The molecule has 1 N–H and O–H groups in total.